The summed E-state index contributed by atoms with van der Waals surface area (Å²) in [5.74, 6) is -2.49. The molecule has 138 valence electrons. The van der Waals surface area contributed by atoms with Gasteiger partial charge in [-0.1, -0.05) is 29.8 Å². The van der Waals surface area contributed by atoms with Crippen molar-refractivity contribution < 1.29 is 19.4 Å². The van der Waals surface area contributed by atoms with Gasteiger partial charge in [0, 0.05) is 36.9 Å². The summed E-state index contributed by atoms with van der Waals surface area (Å²) in [7, 11) is 0. The molecule has 1 aromatic carbocycles. The molecule has 2 fully saturated rings. The maximum Gasteiger partial charge on any atom is 0.310 e. The van der Waals surface area contributed by atoms with Crippen LogP contribution in [-0.4, -0.2) is 60.3 Å². The number of benzene rings is 1. The fraction of sp³-hybridized carbons (Fsp3) is 0.474. The lowest BCUT2D eigenvalue weighted by Crippen LogP contribution is -2.53. The van der Waals surface area contributed by atoms with Crippen molar-refractivity contribution in [1.82, 2.24) is 4.90 Å². The number of aliphatic carboxylic acids is 1. The third-order valence-electron chi connectivity index (χ3n) is 5.57. The second-order valence-electron chi connectivity index (χ2n) is 7.08. The van der Waals surface area contributed by atoms with Crippen molar-refractivity contribution in [2.45, 2.75) is 19.1 Å². The summed E-state index contributed by atoms with van der Waals surface area (Å²) in [5.41, 5.74) is 2.23. The number of amides is 1. The van der Waals surface area contributed by atoms with Crippen molar-refractivity contribution in [3.63, 3.8) is 0 Å². The zero-order valence-electron chi connectivity index (χ0n) is 14.5. The standard InChI is InChI=1S/C19H21ClN2O4/c1-11-2-3-12(20)10-13(11)21-6-8-22(9-7-21)18(23)16-14-4-5-15(26-14)17(16)19(24)25/h2-5,10,14-17H,6-9H2,1H3,(H,24,25)/t14-,15-,16-,17-/m0/s1. The molecule has 3 heterocycles. The Bertz CT molecular complexity index is 773. The molecule has 1 amide bonds. The highest BCUT2D eigenvalue weighted by atomic mass is 35.5. The maximum atomic E-state index is 13.0. The molecular weight excluding hydrogens is 356 g/mol. The molecule has 3 aliphatic rings. The Labute approximate surface area is 157 Å². The summed E-state index contributed by atoms with van der Waals surface area (Å²) in [6, 6.07) is 5.81. The van der Waals surface area contributed by atoms with E-state index in [0.29, 0.717) is 31.2 Å². The monoisotopic (exact) mass is 376 g/mol. The van der Waals surface area contributed by atoms with Crippen molar-refractivity contribution >= 4 is 29.2 Å². The SMILES string of the molecule is Cc1ccc(Cl)cc1N1CCN(C(=O)[C@@H]2[C@@H](C(=O)O)[C@@H]3C=C[C@@H]2O3)CC1. The summed E-state index contributed by atoms with van der Waals surface area (Å²) in [6.07, 6.45) is 2.68. The molecule has 1 aromatic rings. The number of hydrogen-bond donors (Lipinski definition) is 1. The van der Waals surface area contributed by atoms with E-state index < -0.39 is 30.0 Å². The van der Waals surface area contributed by atoms with Gasteiger partial charge in [-0.2, -0.15) is 0 Å². The van der Waals surface area contributed by atoms with Crippen LogP contribution < -0.4 is 4.90 Å². The minimum absolute atomic E-state index is 0.114. The number of hydrogen-bond acceptors (Lipinski definition) is 4. The van der Waals surface area contributed by atoms with Gasteiger partial charge in [0.05, 0.1) is 18.1 Å². The van der Waals surface area contributed by atoms with E-state index in [9.17, 15) is 14.7 Å². The lowest BCUT2D eigenvalue weighted by Gasteiger charge is -2.38. The fourth-order valence-electron chi connectivity index (χ4n) is 4.20. The van der Waals surface area contributed by atoms with Gasteiger partial charge < -0.3 is 19.6 Å². The van der Waals surface area contributed by atoms with Gasteiger partial charge in [0.15, 0.2) is 0 Å². The Hall–Kier alpha value is -2.05. The quantitative estimate of drug-likeness (QED) is 0.816. The van der Waals surface area contributed by atoms with Crippen LogP contribution >= 0.6 is 11.6 Å². The molecule has 0 unspecified atom stereocenters. The molecule has 4 atom stereocenters. The van der Waals surface area contributed by atoms with Gasteiger partial charge in [-0.15, -0.1) is 0 Å². The first-order valence-electron chi connectivity index (χ1n) is 8.82. The number of carboxylic acids is 1. The van der Waals surface area contributed by atoms with Gasteiger partial charge in [-0.3, -0.25) is 9.59 Å². The van der Waals surface area contributed by atoms with Crippen LogP contribution in [-0.2, 0) is 14.3 Å². The zero-order valence-corrected chi connectivity index (χ0v) is 15.2. The molecule has 0 aliphatic carbocycles. The first kappa shape index (κ1) is 17.4. The van der Waals surface area contributed by atoms with Crippen LogP contribution in [0.2, 0.25) is 5.02 Å². The normalized spacial score (nSPS) is 30.1. The van der Waals surface area contributed by atoms with Gasteiger partial charge in [0.25, 0.3) is 0 Å². The topological polar surface area (TPSA) is 70.1 Å². The van der Waals surface area contributed by atoms with Crippen LogP contribution in [0, 0.1) is 18.8 Å². The number of ether oxygens (including phenoxy) is 1. The van der Waals surface area contributed by atoms with Crippen molar-refractivity contribution in [3.8, 4) is 0 Å². The fourth-order valence-corrected chi connectivity index (χ4v) is 4.36. The number of aryl methyl sites for hydroxylation is 1. The van der Waals surface area contributed by atoms with Gasteiger partial charge in [-0.05, 0) is 24.6 Å². The second kappa shape index (κ2) is 6.59. The highest BCUT2D eigenvalue weighted by molar-refractivity contribution is 6.30. The lowest BCUT2D eigenvalue weighted by atomic mass is 9.82. The molecule has 0 radical (unpaired) electrons. The summed E-state index contributed by atoms with van der Waals surface area (Å²) in [5, 5.41) is 10.2. The molecule has 0 saturated carbocycles. The number of anilines is 1. The number of rotatable bonds is 3. The largest absolute Gasteiger partial charge is 0.481 e. The van der Waals surface area contributed by atoms with E-state index in [1.54, 1.807) is 11.0 Å². The van der Waals surface area contributed by atoms with Crippen LogP contribution in [0.4, 0.5) is 5.69 Å². The lowest BCUT2D eigenvalue weighted by molar-refractivity contribution is -0.149. The van der Waals surface area contributed by atoms with E-state index >= 15 is 0 Å². The molecule has 0 spiro atoms. The van der Waals surface area contributed by atoms with Gasteiger partial charge in [-0.25, -0.2) is 0 Å². The predicted molar refractivity (Wildman–Crippen MR) is 97.4 cm³/mol. The highest BCUT2D eigenvalue weighted by Crippen LogP contribution is 2.40. The summed E-state index contributed by atoms with van der Waals surface area (Å²) < 4.78 is 5.63. The van der Waals surface area contributed by atoms with Crippen LogP contribution in [0.3, 0.4) is 0 Å². The van der Waals surface area contributed by atoms with E-state index in [0.717, 1.165) is 11.3 Å². The number of piperazine rings is 1. The molecule has 7 heteroatoms. The van der Waals surface area contributed by atoms with Crippen molar-refractivity contribution in [3.05, 3.63) is 40.9 Å². The first-order chi connectivity index (χ1) is 12.5. The van der Waals surface area contributed by atoms with Crippen molar-refractivity contribution in [1.29, 1.82) is 0 Å². The highest BCUT2D eigenvalue weighted by Gasteiger charge is 2.54. The van der Waals surface area contributed by atoms with E-state index in [-0.39, 0.29) is 5.91 Å². The Morgan fingerprint density at radius 3 is 2.42 bits per heavy atom. The van der Waals surface area contributed by atoms with Crippen LogP contribution in [0.5, 0.6) is 0 Å². The average molecular weight is 377 g/mol. The second-order valence-corrected chi connectivity index (χ2v) is 7.52. The third-order valence-corrected chi connectivity index (χ3v) is 5.81. The smallest absolute Gasteiger partial charge is 0.310 e. The number of carbonyl (C=O) groups is 2. The van der Waals surface area contributed by atoms with Gasteiger partial charge in [0.1, 0.15) is 5.92 Å². The van der Waals surface area contributed by atoms with Crippen LogP contribution in [0.15, 0.2) is 30.4 Å². The van der Waals surface area contributed by atoms with Crippen LogP contribution in [0.1, 0.15) is 5.56 Å². The van der Waals surface area contributed by atoms with E-state index in [2.05, 4.69) is 4.90 Å². The molecule has 4 rings (SSSR count). The first-order valence-corrected chi connectivity index (χ1v) is 9.20. The number of halogens is 1. The van der Waals surface area contributed by atoms with Crippen molar-refractivity contribution in [2.75, 3.05) is 31.1 Å². The molecule has 0 aromatic heterocycles. The molecule has 3 aliphatic heterocycles. The molecule has 26 heavy (non-hydrogen) atoms. The summed E-state index contributed by atoms with van der Waals surface area (Å²) >= 11 is 6.12. The maximum absolute atomic E-state index is 13.0. The summed E-state index contributed by atoms with van der Waals surface area (Å²) in [4.78, 5) is 28.6. The predicted octanol–water partition coefficient (Wildman–Crippen LogP) is 1.95. The molecule has 1 N–H and O–H groups in total. The molecule has 2 saturated heterocycles. The minimum Gasteiger partial charge on any atom is -0.481 e. The number of carbonyl (C=O) groups excluding carboxylic acids is 1. The van der Waals surface area contributed by atoms with Crippen LogP contribution in [0.25, 0.3) is 0 Å². The summed E-state index contributed by atoms with van der Waals surface area (Å²) in [6.45, 7) is 4.56. The van der Waals surface area contributed by atoms with Crippen molar-refractivity contribution in [2.24, 2.45) is 11.8 Å². The van der Waals surface area contributed by atoms with E-state index in [4.69, 9.17) is 16.3 Å². The molecule has 2 bridgehead atoms. The minimum atomic E-state index is -0.964. The van der Waals surface area contributed by atoms with Gasteiger partial charge >= 0.3 is 5.97 Å². The van der Waals surface area contributed by atoms with E-state index in [1.165, 1.54) is 0 Å². The zero-order chi connectivity index (χ0) is 18.4. The van der Waals surface area contributed by atoms with Gasteiger partial charge in [0.2, 0.25) is 5.91 Å². The Kier molecular flexibility index (Phi) is 4.40. The Morgan fingerprint density at radius 2 is 1.77 bits per heavy atom. The molecular formula is C19H21ClN2O4. The number of nitrogens with zero attached hydrogens (tertiary/aromatic N) is 2. The third kappa shape index (κ3) is 2.87. The van der Waals surface area contributed by atoms with E-state index in [1.807, 2.05) is 31.2 Å². The molecule has 6 nitrogen and oxygen atoms in total. The average Bonchev–Trinajstić information content (AvgIpc) is 3.24. The number of fused-ring (bicyclic) bond motifs is 2. The Morgan fingerprint density at radius 1 is 1.12 bits per heavy atom. The number of carboxylic acid groups (broad SMARTS) is 1. The Balaban J connectivity index is 1.45.